The fourth-order valence-electron chi connectivity index (χ4n) is 3.08. The first kappa shape index (κ1) is 16.7. The molecule has 2 rings (SSSR count). The van der Waals surface area contributed by atoms with Crippen LogP contribution in [0.4, 0.5) is 0 Å². The molecule has 19 heavy (non-hydrogen) atoms. The summed E-state index contributed by atoms with van der Waals surface area (Å²) in [6.07, 6.45) is 4.44. The summed E-state index contributed by atoms with van der Waals surface area (Å²) in [5.41, 5.74) is 2.35. The zero-order valence-electron chi connectivity index (χ0n) is 12.3. The van der Waals surface area contributed by atoms with E-state index < -0.39 is 0 Å². The van der Waals surface area contributed by atoms with E-state index in [1.165, 1.54) is 12.0 Å². The molecule has 2 unspecified atom stereocenters. The van der Waals surface area contributed by atoms with Gasteiger partial charge in [0.05, 0.1) is 10.0 Å². The summed E-state index contributed by atoms with van der Waals surface area (Å²) in [5, 5.41) is 10.7. The second-order valence-corrected chi connectivity index (χ2v) is 5.60. The van der Waals surface area contributed by atoms with E-state index >= 15 is 0 Å². The second-order valence-electron chi connectivity index (χ2n) is 4.82. The minimum atomic E-state index is 0.0438. The monoisotopic (exact) mass is 302 g/mol. The predicted octanol–water partition coefficient (Wildman–Crippen LogP) is 6.19. The molecule has 0 spiro atoms. The first-order valence-electron chi connectivity index (χ1n) is 7.29. The van der Waals surface area contributed by atoms with Crippen molar-refractivity contribution >= 4 is 23.2 Å². The van der Waals surface area contributed by atoms with Gasteiger partial charge >= 0.3 is 0 Å². The minimum absolute atomic E-state index is 0.0438. The van der Waals surface area contributed by atoms with Crippen molar-refractivity contribution in [3.63, 3.8) is 0 Å². The lowest BCUT2D eigenvalue weighted by atomic mass is 9.72. The fourth-order valence-corrected chi connectivity index (χ4v) is 3.72. The molecule has 0 aromatic heterocycles. The number of hydrogen-bond donors (Lipinski definition) is 1. The topological polar surface area (TPSA) is 20.2 Å². The van der Waals surface area contributed by atoms with Gasteiger partial charge in [-0.1, -0.05) is 57.3 Å². The molecule has 3 heteroatoms. The zero-order chi connectivity index (χ0) is 14.6. The van der Waals surface area contributed by atoms with E-state index in [0.717, 1.165) is 24.8 Å². The molecule has 2 atom stereocenters. The number of halogens is 2. The van der Waals surface area contributed by atoms with Gasteiger partial charge in [0, 0.05) is 0 Å². The van der Waals surface area contributed by atoms with Crippen LogP contribution in [0, 0.1) is 5.92 Å². The molecule has 0 saturated carbocycles. The summed E-state index contributed by atoms with van der Waals surface area (Å²) in [6.45, 7) is 8.41. The summed E-state index contributed by atoms with van der Waals surface area (Å²) in [7, 11) is 0. The molecule has 0 amide bonds. The van der Waals surface area contributed by atoms with E-state index in [0.29, 0.717) is 21.9 Å². The first-order chi connectivity index (χ1) is 9.10. The van der Waals surface area contributed by atoms with Crippen molar-refractivity contribution in [2.45, 2.75) is 59.3 Å². The second kappa shape index (κ2) is 7.40. The van der Waals surface area contributed by atoms with Crippen LogP contribution in [-0.4, -0.2) is 5.11 Å². The lowest BCUT2D eigenvalue weighted by molar-refractivity contribution is 0.351. The van der Waals surface area contributed by atoms with Crippen molar-refractivity contribution in [1.82, 2.24) is 0 Å². The van der Waals surface area contributed by atoms with Crippen LogP contribution in [0.2, 0.25) is 10.0 Å². The summed E-state index contributed by atoms with van der Waals surface area (Å²) in [6, 6.07) is 1.88. The Hall–Kier alpha value is -0.400. The normalized spacial score (nSPS) is 21.4. The Labute approximate surface area is 126 Å². The molecule has 1 aromatic rings. The predicted molar refractivity (Wildman–Crippen MR) is 84.6 cm³/mol. The van der Waals surface area contributed by atoms with Crippen molar-refractivity contribution in [3.8, 4) is 5.75 Å². The fraction of sp³-hybridized carbons (Fsp3) is 0.625. The van der Waals surface area contributed by atoms with Gasteiger partial charge < -0.3 is 5.11 Å². The van der Waals surface area contributed by atoms with Crippen LogP contribution in [0.25, 0.3) is 0 Å². The molecular weight excluding hydrogens is 279 g/mol. The Balaban J connectivity index is 0.000000861. The summed E-state index contributed by atoms with van der Waals surface area (Å²) >= 11 is 12.3. The van der Waals surface area contributed by atoms with Crippen LogP contribution in [0.1, 0.15) is 64.0 Å². The third-order valence-electron chi connectivity index (χ3n) is 4.01. The molecule has 1 aliphatic carbocycles. The van der Waals surface area contributed by atoms with Crippen molar-refractivity contribution in [3.05, 3.63) is 27.2 Å². The first-order valence-corrected chi connectivity index (χ1v) is 8.05. The van der Waals surface area contributed by atoms with Gasteiger partial charge in [-0.2, -0.15) is 0 Å². The summed E-state index contributed by atoms with van der Waals surface area (Å²) < 4.78 is 0. The van der Waals surface area contributed by atoms with Crippen molar-refractivity contribution in [1.29, 1.82) is 0 Å². The Kier molecular flexibility index (Phi) is 6.49. The van der Waals surface area contributed by atoms with E-state index in [9.17, 15) is 5.11 Å². The van der Waals surface area contributed by atoms with E-state index in [1.54, 1.807) is 0 Å². The van der Waals surface area contributed by atoms with Crippen LogP contribution in [0.3, 0.4) is 0 Å². The zero-order valence-corrected chi connectivity index (χ0v) is 13.8. The Morgan fingerprint density at radius 1 is 1.21 bits per heavy atom. The number of phenolic OH excluding ortho intramolecular Hbond substituents is 1. The molecular formula is C16H24Cl2O. The van der Waals surface area contributed by atoms with Gasteiger partial charge in [0.2, 0.25) is 0 Å². The molecule has 0 fully saturated rings. The third-order valence-corrected chi connectivity index (χ3v) is 4.68. The van der Waals surface area contributed by atoms with E-state index in [-0.39, 0.29) is 5.75 Å². The molecule has 1 nitrogen and oxygen atoms in total. The standard InChI is InChI=1S/C14H18Cl2O.C2H6/c1-3-8-5-6-9-7-11(15)14(17)13(16)12(9)10(8)4-2;1-2/h7-8,10,17H,3-6H2,1-2H3;1-2H3. The van der Waals surface area contributed by atoms with Crippen molar-refractivity contribution in [2.75, 3.05) is 0 Å². The number of fused-ring (bicyclic) bond motifs is 1. The number of aryl methyl sites for hydroxylation is 1. The van der Waals surface area contributed by atoms with E-state index in [1.807, 2.05) is 19.9 Å². The van der Waals surface area contributed by atoms with Gasteiger partial charge in [-0.25, -0.2) is 0 Å². The van der Waals surface area contributed by atoms with Crippen LogP contribution < -0.4 is 0 Å². The highest BCUT2D eigenvalue weighted by atomic mass is 35.5. The lowest BCUT2D eigenvalue weighted by Crippen LogP contribution is -2.20. The molecule has 0 saturated heterocycles. The Bertz CT molecular complexity index is 429. The highest BCUT2D eigenvalue weighted by Crippen LogP contribution is 2.48. The molecule has 1 aromatic carbocycles. The molecule has 1 N–H and O–H groups in total. The van der Waals surface area contributed by atoms with Crippen LogP contribution >= 0.6 is 23.2 Å². The number of rotatable bonds is 2. The van der Waals surface area contributed by atoms with Crippen molar-refractivity contribution < 1.29 is 5.11 Å². The van der Waals surface area contributed by atoms with Gasteiger partial charge in [0.25, 0.3) is 0 Å². The number of benzene rings is 1. The van der Waals surface area contributed by atoms with Crippen molar-refractivity contribution in [2.24, 2.45) is 5.92 Å². The van der Waals surface area contributed by atoms with Gasteiger partial charge in [-0.05, 0) is 48.3 Å². The minimum Gasteiger partial charge on any atom is -0.505 e. The van der Waals surface area contributed by atoms with Gasteiger partial charge in [-0.3, -0.25) is 0 Å². The number of hydrogen-bond acceptors (Lipinski definition) is 1. The molecule has 108 valence electrons. The largest absolute Gasteiger partial charge is 0.505 e. The van der Waals surface area contributed by atoms with Crippen LogP contribution in [0.5, 0.6) is 5.75 Å². The quantitative estimate of drug-likeness (QED) is 0.690. The maximum absolute atomic E-state index is 9.87. The van der Waals surface area contributed by atoms with Crippen LogP contribution in [-0.2, 0) is 6.42 Å². The SMILES string of the molecule is CC.CCC1CCc2cc(Cl)c(O)c(Cl)c2C1CC. The molecule has 0 bridgehead atoms. The maximum Gasteiger partial charge on any atom is 0.153 e. The van der Waals surface area contributed by atoms with Gasteiger partial charge in [0.15, 0.2) is 5.75 Å². The van der Waals surface area contributed by atoms with Gasteiger partial charge in [0.1, 0.15) is 0 Å². The third kappa shape index (κ3) is 3.20. The Morgan fingerprint density at radius 3 is 2.37 bits per heavy atom. The van der Waals surface area contributed by atoms with Crippen LogP contribution in [0.15, 0.2) is 6.07 Å². The summed E-state index contributed by atoms with van der Waals surface area (Å²) in [5.74, 6) is 1.17. The Morgan fingerprint density at radius 2 is 1.84 bits per heavy atom. The lowest BCUT2D eigenvalue weighted by Gasteiger charge is -2.33. The molecule has 0 heterocycles. The highest BCUT2D eigenvalue weighted by molar-refractivity contribution is 6.37. The number of aromatic hydroxyl groups is 1. The highest BCUT2D eigenvalue weighted by Gasteiger charge is 2.30. The molecule has 0 aliphatic heterocycles. The smallest absolute Gasteiger partial charge is 0.153 e. The average molecular weight is 303 g/mol. The van der Waals surface area contributed by atoms with E-state index in [4.69, 9.17) is 23.2 Å². The molecule has 1 aliphatic rings. The average Bonchev–Trinajstić information content (AvgIpc) is 2.45. The number of phenols is 1. The summed E-state index contributed by atoms with van der Waals surface area (Å²) in [4.78, 5) is 0. The van der Waals surface area contributed by atoms with E-state index in [2.05, 4.69) is 13.8 Å². The molecule has 0 radical (unpaired) electrons. The maximum atomic E-state index is 9.87. The van der Waals surface area contributed by atoms with Gasteiger partial charge in [-0.15, -0.1) is 0 Å².